The first-order valence-electron chi connectivity index (χ1n) is 5.88. The van der Waals surface area contributed by atoms with Crippen molar-refractivity contribution in [3.8, 4) is 0 Å². The van der Waals surface area contributed by atoms with Gasteiger partial charge in [0.1, 0.15) is 0 Å². The summed E-state index contributed by atoms with van der Waals surface area (Å²) < 4.78 is 42.4. The van der Waals surface area contributed by atoms with E-state index < -0.39 is 12.7 Å². The Hall–Kier alpha value is 0.0600. The van der Waals surface area contributed by atoms with Crippen molar-refractivity contribution < 1.29 is 17.9 Å². The average Bonchev–Trinajstić information content (AvgIpc) is 2.27. The summed E-state index contributed by atoms with van der Waals surface area (Å²) in [6.45, 7) is 3.05. The second-order valence-corrected chi connectivity index (χ2v) is 5.01. The maximum atomic E-state index is 12.4. The lowest BCUT2D eigenvalue weighted by Crippen LogP contribution is -2.45. The van der Waals surface area contributed by atoms with Crippen LogP contribution in [0.1, 0.15) is 19.8 Å². The van der Waals surface area contributed by atoms with E-state index in [4.69, 9.17) is 4.74 Å². The molecule has 1 aliphatic heterocycles. The summed E-state index contributed by atoms with van der Waals surface area (Å²) in [7, 11) is 0. The van der Waals surface area contributed by atoms with E-state index in [1.165, 1.54) is 4.90 Å². The topological polar surface area (TPSA) is 12.5 Å². The Balaban J connectivity index is 2.58. The predicted octanol–water partition coefficient (Wildman–Crippen LogP) is 2.60. The van der Waals surface area contributed by atoms with Crippen molar-refractivity contribution in [3.63, 3.8) is 0 Å². The first-order valence-corrected chi connectivity index (χ1v) is 6.52. The van der Waals surface area contributed by atoms with Crippen molar-refractivity contribution in [2.75, 3.05) is 38.6 Å². The second kappa shape index (κ2) is 6.29. The highest BCUT2D eigenvalue weighted by Gasteiger charge is 2.37. The van der Waals surface area contributed by atoms with E-state index in [2.05, 4.69) is 12.6 Å². The summed E-state index contributed by atoms with van der Waals surface area (Å²) in [6.07, 6.45) is -2.53. The molecule has 0 N–H and O–H groups in total. The molecule has 0 aliphatic carbocycles. The fraction of sp³-hybridized carbons (Fsp3) is 1.00. The van der Waals surface area contributed by atoms with Crippen LogP contribution in [0.5, 0.6) is 0 Å². The van der Waals surface area contributed by atoms with E-state index in [1.54, 1.807) is 6.92 Å². The van der Waals surface area contributed by atoms with Crippen molar-refractivity contribution in [3.05, 3.63) is 0 Å². The average molecular weight is 271 g/mol. The molecule has 1 saturated heterocycles. The first kappa shape index (κ1) is 15.1. The van der Waals surface area contributed by atoms with E-state index in [0.717, 1.165) is 12.8 Å². The van der Waals surface area contributed by atoms with Gasteiger partial charge in [0, 0.05) is 19.8 Å². The van der Waals surface area contributed by atoms with Crippen LogP contribution in [0.3, 0.4) is 0 Å². The van der Waals surface area contributed by atoms with Gasteiger partial charge in [-0.3, -0.25) is 4.90 Å². The first-order chi connectivity index (χ1) is 7.91. The number of alkyl halides is 3. The van der Waals surface area contributed by atoms with Gasteiger partial charge in [-0.25, -0.2) is 0 Å². The summed E-state index contributed by atoms with van der Waals surface area (Å²) >= 11 is 4.31. The van der Waals surface area contributed by atoms with Crippen LogP contribution in [0.15, 0.2) is 0 Å². The molecule has 1 fully saturated rings. The lowest BCUT2D eigenvalue weighted by Gasteiger charge is -2.40. The molecule has 0 aromatic heterocycles. The van der Waals surface area contributed by atoms with Crippen LogP contribution >= 0.6 is 12.6 Å². The maximum absolute atomic E-state index is 12.4. The SMILES string of the molecule is CCN(CC(F)(F)F)CC1(CS)CCOCC1. The largest absolute Gasteiger partial charge is 0.401 e. The number of rotatable bonds is 5. The number of thiol groups is 1. The van der Waals surface area contributed by atoms with Gasteiger partial charge in [0.05, 0.1) is 6.54 Å². The summed E-state index contributed by atoms with van der Waals surface area (Å²) in [5.41, 5.74) is -0.122. The Morgan fingerprint density at radius 3 is 2.29 bits per heavy atom. The summed E-state index contributed by atoms with van der Waals surface area (Å²) in [5.74, 6) is 0.616. The molecule has 102 valence electrons. The molecular formula is C11H20F3NOS. The monoisotopic (exact) mass is 271 g/mol. The van der Waals surface area contributed by atoms with Crippen molar-refractivity contribution >= 4 is 12.6 Å². The molecule has 0 aromatic rings. The quantitative estimate of drug-likeness (QED) is 0.772. The van der Waals surface area contributed by atoms with E-state index in [9.17, 15) is 13.2 Å². The van der Waals surface area contributed by atoms with Crippen LogP contribution < -0.4 is 0 Å². The summed E-state index contributed by atoms with van der Waals surface area (Å²) in [4.78, 5) is 1.46. The third-order valence-electron chi connectivity index (χ3n) is 3.30. The van der Waals surface area contributed by atoms with Gasteiger partial charge in [0.25, 0.3) is 0 Å². The minimum atomic E-state index is -4.13. The van der Waals surface area contributed by atoms with Crippen LogP contribution in [0.25, 0.3) is 0 Å². The lowest BCUT2D eigenvalue weighted by atomic mass is 9.81. The molecule has 0 radical (unpaired) electrons. The Bertz CT molecular complexity index is 229. The zero-order valence-corrected chi connectivity index (χ0v) is 11.0. The van der Waals surface area contributed by atoms with E-state index in [1.807, 2.05) is 0 Å². The van der Waals surface area contributed by atoms with Crippen LogP contribution in [0, 0.1) is 5.41 Å². The predicted molar refractivity (Wildman–Crippen MR) is 64.5 cm³/mol. The fourth-order valence-electron chi connectivity index (χ4n) is 2.18. The molecule has 2 nitrogen and oxygen atoms in total. The third kappa shape index (κ3) is 5.06. The summed E-state index contributed by atoms with van der Waals surface area (Å²) in [6, 6.07) is 0. The summed E-state index contributed by atoms with van der Waals surface area (Å²) in [5, 5.41) is 0. The smallest absolute Gasteiger partial charge is 0.381 e. The van der Waals surface area contributed by atoms with Crippen molar-refractivity contribution in [1.29, 1.82) is 0 Å². The normalized spacial score (nSPS) is 20.8. The number of halogens is 3. The number of nitrogens with zero attached hydrogens (tertiary/aromatic N) is 1. The van der Waals surface area contributed by atoms with E-state index >= 15 is 0 Å². The molecule has 1 heterocycles. The van der Waals surface area contributed by atoms with Crippen molar-refractivity contribution in [2.45, 2.75) is 25.9 Å². The van der Waals surface area contributed by atoms with Gasteiger partial charge < -0.3 is 4.74 Å². The van der Waals surface area contributed by atoms with Gasteiger partial charge in [-0.05, 0) is 30.6 Å². The van der Waals surface area contributed by atoms with Crippen LogP contribution in [0.2, 0.25) is 0 Å². The van der Waals surface area contributed by atoms with Crippen LogP contribution in [-0.4, -0.2) is 49.7 Å². The van der Waals surface area contributed by atoms with Crippen molar-refractivity contribution in [2.24, 2.45) is 5.41 Å². The molecule has 0 saturated carbocycles. The highest BCUT2D eigenvalue weighted by molar-refractivity contribution is 7.80. The molecule has 0 unspecified atom stereocenters. The Morgan fingerprint density at radius 2 is 1.88 bits per heavy atom. The molecule has 17 heavy (non-hydrogen) atoms. The number of ether oxygens (including phenoxy) is 1. The van der Waals surface area contributed by atoms with Gasteiger partial charge >= 0.3 is 6.18 Å². The standard InChI is InChI=1S/C11H20F3NOS/c1-2-15(8-11(12,13)14)7-10(9-17)3-5-16-6-4-10/h17H,2-9H2,1H3. The highest BCUT2D eigenvalue weighted by atomic mass is 32.1. The highest BCUT2D eigenvalue weighted by Crippen LogP contribution is 2.33. The minimum absolute atomic E-state index is 0.122. The molecule has 0 aromatic carbocycles. The molecule has 1 aliphatic rings. The maximum Gasteiger partial charge on any atom is 0.401 e. The van der Waals surface area contributed by atoms with Gasteiger partial charge in [0.15, 0.2) is 0 Å². The fourth-order valence-corrected chi connectivity index (χ4v) is 2.59. The Morgan fingerprint density at radius 1 is 1.29 bits per heavy atom. The molecular weight excluding hydrogens is 251 g/mol. The third-order valence-corrected chi connectivity index (χ3v) is 3.97. The van der Waals surface area contributed by atoms with Crippen LogP contribution in [-0.2, 0) is 4.74 Å². The van der Waals surface area contributed by atoms with Crippen molar-refractivity contribution in [1.82, 2.24) is 4.90 Å². The van der Waals surface area contributed by atoms with Gasteiger partial charge in [0.2, 0.25) is 0 Å². The van der Waals surface area contributed by atoms with Gasteiger partial charge in [-0.15, -0.1) is 0 Å². The molecule has 0 spiro atoms. The minimum Gasteiger partial charge on any atom is -0.381 e. The Labute approximate surface area is 106 Å². The van der Waals surface area contributed by atoms with Crippen LogP contribution in [0.4, 0.5) is 13.2 Å². The molecule has 6 heteroatoms. The zero-order chi connectivity index (χ0) is 12.9. The zero-order valence-electron chi connectivity index (χ0n) is 10.1. The van der Waals surface area contributed by atoms with E-state index in [-0.39, 0.29) is 5.41 Å². The Kier molecular flexibility index (Phi) is 5.60. The van der Waals surface area contributed by atoms with Gasteiger partial charge in [-0.1, -0.05) is 6.92 Å². The molecule has 1 rings (SSSR count). The molecule has 0 bridgehead atoms. The molecule has 0 atom stereocenters. The second-order valence-electron chi connectivity index (χ2n) is 4.69. The van der Waals surface area contributed by atoms with E-state index in [0.29, 0.717) is 32.1 Å². The number of hydrogen-bond donors (Lipinski definition) is 1. The lowest BCUT2D eigenvalue weighted by molar-refractivity contribution is -0.149. The van der Waals surface area contributed by atoms with Gasteiger partial charge in [-0.2, -0.15) is 25.8 Å². The molecule has 0 amide bonds. The number of hydrogen-bond acceptors (Lipinski definition) is 3.